The van der Waals surface area contributed by atoms with Gasteiger partial charge in [0.05, 0.1) is 12.0 Å². The molecule has 2 N–H and O–H groups in total. The van der Waals surface area contributed by atoms with Crippen LogP contribution in [0.4, 0.5) is 4.39 Å². The molecule has 1 saturated heterocycles. The smallest absolute Gasteiger partial charge is 0.224 e. The first-order chi connectivity index (χ1) is 9.58. The standard InChI is InChI=1S/C16H23FN2O/c1-11(2)15(12-5-7-14(17)8-6-12)19-16(20)13-4-3-9-18-10-13/h5-8,11,13,15,18H,3-4,9-10H2,1-2H3,(H,19,20)/t13-,15?/m1/s1. The zero-order chi connectivity index (χ0) is 14.5. The Balaban J connectivity index is 2.05. The Hall–Kier alpha value is -1.42. The fourth-order valence-corrected chi connectivity index (χ4v) is 2.65. The molecule has 4 heteroatoms. The number of nitrogens with one attached hydrogen (secondary N) is 2. The third-order valence-electron chi connectivity index (χ3n) is 3.86. The van der Waals surface area contributed by atoms with Gasteiger partial charge in [0.15, 0.2) is 0 Å². The molecule has 0 saturated carbocycles. The molecule has 2 rings (SSSR count). The van der Waals surface area contributed by atoms with Gasteiger partial charge in [0.2, 0.25) is 5.91 Å². The van der Waals surface area contributed by atoms with Crippen molar-refractivity contribution in [3.8, 4) is 0 Å². The summed E-state index contributed by atoms with van der Waals surface area (Å²) in [5.74, 6) is 0.158. The van der Waals surface area contributed by atoms with Gasteiger partial charge in [-0.15, -0.1) is 0 Å². The molecule has 1 aliphatic rings. The van der Waals surface area contributed by atoms with Crippen LogP contribution in [0.2, 0.25) is 0 Å². The van der Waals surface area contributed by atoms with E-state index < -0.39 is 0 Å². The van der Waals surface area contributed by atoms with E-state index in [1.165, 1.54) is 12.1 Å². The fraction of sp³-hybridized carbons (Fsp3) is 0.562. The Labute approximate surface area is 120 Å². The average Bonchev–Trinajstić information content (AvgIpc) is 2.46. The first-order valence-corrected chi connectivity index (χ1v) is 7.34. The van der Waals surface area contributed by atoms with Crippen LogP contribution in [0.15, 0.2) is 24.3 Å². The van der Waals surface area contributed by atoms with Crippen molar-refractivity contribution < 1.29 is 9.18 Å². The van der Waals surface area contributed by atoms with Gasteiger partial charge in [-0.05, 0) is 43.0 Å². The summed E-state index contributed by atoms with van der Waals surface area (Å²) in [7, 11) is 0. The Morgan fingerprint density at radius 3 is 2.60 bits per heavy atom. The van der Waals surface area contributed by atoms with E-state index in [2.05, 4.69) is 24.5 Å². The van der Waals surface area contributed by atoms with E-state index >= 15 is 0 Å². The van der Waals surface area contributed by atoms with Gasteiger partial charge >= 0.3 is 0 Å². The van der Waals surface area contributed by atoms with E-state index in [1.807, 2.05) is 0 Å². The quantitative estimate of drug-likeness (QED) is 0.889. The topological polar surface area (TPSA) is 41.1 Å². The van der Waals surface area contributed by atoms with E-state index in [0.29, 0.717) is 0 Å². The minimum atomic E-state index is -0.251. The maximum atomic E-state index is 13.0. The first-order valence-electron chi connectivity index (χ1n) is 7.34. The zero-order valence-corrected chi connectivity index (χ0v) is 12.2. The second-order valence-corrected chi connectivity index (χ2v) is 5.83. The minimum Gasteiger partial charge on any atom is -0.349 e. The molecular weight excluding hydrogens is 255 g/mol. The van der Waals surface area contributed by atoms with Gasteiger partial charge < -0.3 is 10.6 Å². The largest absolute Gasteiger partial charge is 0.349 e. The van der Waals surface area contributed by atoms with Gasteiger partial charge in [0.25, 0.3) is 0 Å². The Kier molecular flexibility index (Phi) is 5.12. The highest BCUT2D eigenvalue weighted by Gasteiger charge is 2.25. The lowest BCUT2D eigenvalue weighted by Crippen LogP contribution is -2.42. The van der Waals surface area contributed by atoms with Gasteiger partial charge in [-0.2, -0.15) is 0 Å². The van der Waals surface area contributed by atoms with Gasteiger partial charge in [0, 0.05) is 6.54 Å². The summed E-state index contributed by atoms with van der Waals surface area (Å²) in [6.07, 6.45) is 1.98. The normalized spacial score (nSPS) is 20.7. The van der Waals surface area contributed by atoms with E-state index in [-0.39, 0.29) is 29.6 Å². The second kappa shape index (κ2) is 6.84. The first kappa shape index (κ1) is 15.0. The number of benzene rings is 1. The molecule has 1 aromatic carbocycles. The van der Waals surface area contributed by atoms with Crippen molar-refractivity contribution in [3.63, 3.8) is 0 Å². The number of amides is 1. The van der Waals surface area contributed by atoms with Crippen molar-refractivity contribution >= 4 is 5.91 Å². The maximum absolute atomic E-state index is 13.0. The summed E-state index contributed by atoms with van der Waals surface area (Å²) >= 11 is 0. The average molecular weight is 278 g/mol. The minimum absolute atomic E-state index is 0.0467. The van der Waals surface area contributed by atoms with Crippen molar-refractivity contribution in [1.82, 2.24) is 10.6 Å². The molecule has 0 radical (unpaired) electrons. The van der Waals surface area contributed by atoms with E-state index in [9.17, 15) is 9.18 Å². The predicted molar refractivity (Wildman–Crippen MR) is 77.7 cm³/mol. The van der Waals surface area contributed by atoms with Gasteiger partial charge in [-0.3, -0.25) is 4.79 Å². The molecule has 110 valence electrons. The van der Waals surface area contributed by atoms with Crippen LogP contribution in [0.1, 0.15) is 38.3 Å². The summed E-state index contributed by atoms with van der Waals surface area (Å²) in [5.41, 5.74) is 0.957. The molecule has 0 aliphatic carbocycles. The van der Waals surface area contributed by atoms with Crippen LogP contribution in [0.25, 0.3) is 0 Å². The van der Waals surface area contributed by atoms with Crippen molar-refractivity contribution in [3.05, 3.63) is 35.6 Å². The molecule has 20 heavy (non-hydrogen) atoms. The number of hydrogen-bond donors (Lipinski definition) is 2. The molecule has 1 unspecified atom stereocenters. The fourth-order valence-electron chi connectivity index (χ4n) is 2.65. The van der Waals surface area contributed by atoms with Crippen LogP contribution in [-0.2, 0) is 4.79 Å². The van der Waals surface area contributed by atoms with Crippen molar-refractivity contribution in [2.75, 3.05) is 13.1 Å². The lowest BCUT2D eigenvalue weighted by atomic mass is 9.93. The summed E-state index contributed by atoms with van der Waals surface area (Å²) in [5, 5.41) is 6.38. The Bertz CT molecular complexity index is 438. The second-order valence-electron chi connectivity index (χ2n) is 5.83. The summed E-state index contributed by atoms with van der Waals surface area (Å²) in [6.45, 7) is 5.87. The van der Waals surface area contributed by atoms with Gasteiger partial charge in [0.1, 0.15) is 5.82 Å². The van der Waals surface area contributed by atoms with E-state index in [1.54, 1.807) is 12.1 Å². The third-order valence-corrected chi connectivity index (χ3v) is 3.86. The summed E-state index contributed by atoms with van der Waals surface area (Å²) in [6, 6.07) is 6.32. The highest BCUT2D eigenvalue weighted by molar-refractivity contribution is 5.79. The lowest BCUT2D eigenvalue weighted by molar-refractivity contribution is -0.126. The Morgan fingerprint density at radius 1 is 1.35 bits per heavy atom. The molecule has 0 spiro atoms. The Morgan fingerprint density at radius 2 is 2.05 bits per heavy atom. The monoisotopic (exact) mass is 278 g/mol. The summed E-state index contributed by atoms with van der Waals surface area (Å²) < 4.78 is 13.0. The molecule has 0 aromatic heterocycles. The van der Waals surface area contributed by atoms with Crippen molar-refractivity contribution in [1.29, 1.82) is 0 Å². The molecule has 1 aromatic rings. The highest BCUT2D eigenvalue weighted by Crippen LogP contribution is 2.23. The van der Waals surface area contributed by atoms with Gasteiger partial charge in [-0.1, -0.05) is 26.0 Å². The van der Waals surface area contributed by atoms with E-state index in [0.717, 1.165) is 31.5 Å². The number of rotatable bonds is 4. The third kappa shape index (κ3) is 3.79. The molecule has 1 amide bonds. The van der Waals surface area contributed by atoms with Crippen LogP contribution < -0.4 is 10.6 Å². The van der Waals surface area contributed by atoms with Crippen molar-refractivity contribution in [2.45, 2.75) is 32.7 Å². The number of hydrogen-bond acceptors (Lipinski definition) is 2. The molecule has 0 bridgehead atoms. The highest BCUT2D eigenvalue weighted by atomic mass is 19.1. The SMILES string of the molecule is CC(C)C(NC(=O)[C@@H]1CCCNC1)c1ccc(F)cc1. The molecule has 1 fully saturated rings. The van der Waals surface area contributed by atoms with Crippen LogP contribution in [0.3, 0.4) is 0 Å². The van der Waals surface area contributed by atoms with Crippen LogP contribution in [-0.4, -0.2) is 19.0 Å². The van der Waals surface area contributed by atoms with Crippen LogP contribution >= 0.6 is 0 Å². The van der Waals surface area contributed by atoms with Crippen molar-refractivity contribution in [2.24, 2.45) is 11.8 Å². The number of halogens is 1. The van der Waals surface area contributed by atoms with E-state index in [4.69, 9.17) is 0 Å². The van der Waals surface area contributed by atoms with Gasteiger partial charge in [-0.25, -0.2) is 4.39 Å². The maximum Gasteiger partial charge on any atom is 0.224 e. The molecule has 3 nitrogen and oxygen atoms in total. The molecular formula is C16H23FN2O. The number of piperidine rings is 1. The van der Waals surface area contributed by atoms with Crippen LogP contribution in [0, 0.1) is 17.7 Å². The van der Waals surface area contributed by atoms with Crippen LogP contribution in [0.5, 0.6) is 0 Å². The lowest BCUT2D eigenvalue weighted by Gasteiger charge is -2.27. The predicted octanol–water partition coefficient (Wildman–Crippen LogP) is 2.64. The summed E-state index contributed by atoms with van der Waals surface area (Å²) in [4.78, 5) is 12.3. The number of carbonyl (C=O) groups excluding carboxylic acids is 1. The molecule has 1 heterocycles. The number of carbonyl (C=O) groups is 1. The zero-order valence-electron chi connectivity index (χ0n) is 12.2. The molecule has 2 atom stereocenters. The molecule has 1 aliphatic heterocycles.